The van der Waals surface area contributed by atoms with Crippen molar-refractivity contribution in [1.82, 2.24) is 0 Å². The van der Waals surface area contributed by atoms with Crippen molar-refractivity contribution < 1.29 is 37.3 Å². The van der Waals surface area contributed by atoms with E-state index in [1.807, 2.05) is 20.8 Å². The second kappa shape index (κ2) is 15.1. The van der Waals surface area contributed by atoms with Crippen molar-refractivity contribution in [2.24, 2.45) is 0 Å². The van der Waals surface area contributed by atoms with Gasteiger partial charge in [-0.15, -0.1) is 0 Å². The zero-order chi connectivity index (χ0) is 22.2. The molecule has 1 rings (SSSR count). The monoisotopic (exact) mass is 433 g/mol. The Morgan fingerprint density at radius 1 is 0.867 bits per heavy atom. The topological polar surface area (TPSA) is 75.3 Å². The molecule has 0 radical (unpaired) electrons. The fourth-order valence-electron chi connectivity index (χ4n) is 2.20. The van der Waals surface area contributed by atoms with E-state index in [1.54, 1.807) is 0 Å². The highest BCUT2D eigenvalue weighted by Crippen LogP contribution is 2.14. The predicted molar refractivity (Wildman–Crippen MR) is 109 cm³/mol. The summed E-state index contributed by atoms with van der Waals surface area (Å²) in [6, 6.07) is 3.37. The van der Waals surface area contributed by atoms with Gasteiger partial charge in [0.2, 0.25) is 0 Å². The minimum absolute atomic E-state index is 0.217. The first-order valence-electron chi connectivity index (χ1n) is 9.99. The summed E-state index contributed by atoms with van der Waals surface area (Å²) in [5.41, 5.74) is -0.242. The number of nitrogens with one attached hydrogen (secondary N) is 1. The molecule has 30 heavy (non-hydrogen) atoms. The van der Waals surface area contributed by atoms with Crippen LogP contribution in [0.15, 0.2) is 18.2 Å². The average Bonchev–Trinajstić information content (AvgIpc) is 2.65. The number of carbonyl (C=O) groups is 1. The number of rotatable bonds is 16. The van der Waals surface area contributed by atoms with Gasteiger partial charge in [-0.05, 0) is 32.9 Å². The molecule has 0 aliphatic rings. The zero-order valence-electron chi connectivity index (χ0n) is 18.0. The summed E-state index contributed by atoms with van der Waals surface area (Å²) >= 11 is 0. The smallest absolute Gasteiger partial charge is 0.308 e. The molecule has 0 aromatic heterocycles. The number of carbonyl (C=O) groups excluding carboxylic acids is 1. The van der Waals surface area contributed by atoms with Gasteiger partial charge < -0.3 is 29.0 Å². The maximum atomic E-state index is 13.4. The number of hydrogen-bond donors (Lipinski definition) is 1. The lowest BCUT2D eigenvalue weighted by atomic mass is 10.2. The fraction of sp³-hybridized carbons (Fsp3) is 0.667. The molecule has 0 saturated heterocycles. The molecule has 0 unspecified atom stereocenters. The van der Waals surface area contributed by atoms with Crippen molar-refractivity contribution in [3.8, 4) is 0 Å². The molecular formula is C21H33F2NO6. The maximum absolute atomic E-state index is 13.4. The molecule has 0 aliphatic heterocycles. The highest BCUT2D eigenvalue weighted by atomic mass is 19.1. The van der Waals surface area contributed by atoms with Crippen molar-refractivity contribution in [1.29, 1.82) is 0 Å². The molecule has 9 heteroatoms. The van der Waals surface area contributed by atoms with Gasteiger partial charge in [0.1, 0.15) is 17.2 Å². The van der Waals surface area contributed by atoms with Gasteiger partial charge in [0.15, 0.2) is 0 Å². The van der Waals surface area contributed by atoms with E-state index in [0.29, 0.717) is 59.4 Å². The van der Waals surface area contributed by atoms with Gasteiger partial charge in [0.25, 0.3) is 0 Å². The van der Waals surface area contributed by atoms with Crippen molar-refractivity contribution in [2.45, 2.75) is 32.8 Å². The van der Waals surface area contributed by atoms with E-state index >= 15 is 0 Å². The van der Waals surface area contributed by atoms with Gasteiger partial charge in [0, 0.05) is 12.6 Å². The van der Waals surface area contributed by atoms with E-state index < -0.39 is 17.2 Å². The molecule has 0 atom stereocenters. The summed E-state index contributed by atoms with van der Waals surface area (Å²) in [6.07, 6.45) is 0.217. The van der Waals surface area contributed by atoms with Crippen LogP contribution in [0.5, 0.6) is 0 Å². The Labute approximate surface area is 177 Å². The molecule has 7 nitrogen and oxygen atoms in total. The van der Waals surface area contributed by atoms with Crippen molar-refractivity contribution in [2.75, 3.05) is 64.7 Å². The van der Waals surface area contributed by atoms with E-state index in [4.69, 9.17) is 23.7 Å². The van der Waals surface area contributed by atoms with Crippen molar-refractivity contribution in [3.63, 3.8) is 0 Å². The Kier molecular flexibility index (Phi) is 13.2. The summed E-state index contributed by atoms with van der Waals surface area (Å²) in [5, 5.41) is 2.83. The quantitative estimate of drug-likeness (QED) is 0.317. The molecule has 1 aromatic rings. The summed E-state index contributed by atoms with van der Waals surface area (Å²) in [4.78, 5) is 11.5. The van der Waals surface area contributed by atoms with E-state index in [9.17, 15) is 13.6 Å². The minimum Gasteiger partial charge on any atom is -0.460 e. The van der Waals surface area contributed by atoms with Gasteiger partial charge in [-0.3, -0.25) is 4.79 Å². The van der Waals surface area contributed by atoms with E-state index in [2.05, 4.69) is 5.32 Å². The van der Waals surface area contributed by atoms with E-state index in [-0.39, 0.29) is 18.1 Å². The molecule has 0 heterocycles. The molecule has 0 aliphatic carbocycles. The van der Waals surface area contributed by atoms with Crippen LogP contribution in [-0.2, 0) is 28.5 Å². The number of benzene rings is 1. The first kappa shape index (κ1) is 26.2. The minimum atomic E-state index is -0.633. The summed E-state index contributed by atoms with van der Waals surface area (Å²) in [5.74, 6) is -1.52. The van der Waals surface area contributed by atoms with Crippen LogP contribution < -0.4 is 5.32 Å². The van der Waals surface area contributed by atoms with Crippen LogP contribution in [0.4, 0.5) is 14.5 Å². The van der Waals surface area contributed by atoms with Crippen molar-refractivity contribution >= 4 is 11.7 Å². The first-order valence-corrected chi connectivity index (χ1v) is 9.99. The maximum Gasteiger partial charge on any atom is 0.308 e. The van der Waals surface area contributed by atoms with Crippen LogP contribution in [0.1, 0.15) is 27.2 Å². The Morgan fingerprint density at radius 3 is 1.93 bits per heavy atom. The highest BCUT2D eigenvalue weighted by molar-refractivity contribution is 5.69. The fourth-order valence-corrected chi connectivity index (χ4v) is 2.20. The molecular weight excluding hydrogens is 400 g/mol. The van der Waals surface area contributed by atoms with Crippen LogP contribution in [0.2, 0.25) is 0 Å². The van der Waals surface area contributed by atoms with Gasteiger partial charge in [-0.1, -0.05) is 0 Å². The number of ether oxygens (including phenoxy) is 5. The Bertz CT molecular complexity index is 610. The van der Waals surface area contributed by atoms with Crippen LogP contribution in [0.25, 0.3) is 0 Å². The zero-order valence-corrected chi connectivity index (χ0v) is 18.0. The van der Waals surface area contributed by atoms with Crippen LogP contribution in [0.3, 0.4) is 0 Å². The normalized spacial score (nSPS) is 11.5. The van der Waals surface area contributed by atoms with Crippen molar-refractivity contribution in [3.05, 3.63) is 29.8 Å². The molecule has 0 spiro atoms. The number of esters is 1. The van der Waals surface area contributed by atoms with Crippen LogP contribution >= 0.6 is 0 Å². The molecule has 0 amide bonds. The van der Waals surface area contributed by atoms with Gasteiger partial charge >= 0.3 is 5.97 Å². The molecule has 172 valence electrons. The molecule has 1 N–H and O–H groups in total. The third-order valence-corrected chi connectivity index (χ3v) is 3.48. The third-order valence-electron chi connectivity index (χ3n) is 3.48. The lowest BCUT2D eigenvalue weighted by Gasteiger charge is -2.19. The average molecular weight is 433 g/mol. The molecule has 1 aromatic carbocycles. The highest BCUT2D eigenvalue weighted by Gasteiger charge is 2.15. The number of anilines is 1. The molecule has 0 saturated carbocycles. The Morgan fingerprint density at radius 2 is 1.40 bits per heavy atom. The SMILES string of the molecule is CC(C)(C)OC(=O)CCOCCOCCOCCOCCNc1ccc(F)cc1F. The lowest BCUT2D eigenvalue weighted by Crippen LogP contribution is -2.24. The predicted octanol–water partition coefficient (Wildman–Crippen LogP) is 3.17. The van der Waals surface area contributed by atoms with Crippen LogP contribution in [-0.4, -0.2) is 71.0 Å². The van der Waals surface area contributed by atoms with E-state index in [1.165, 1.54) is 12.1 Å². The van der Waals surface area contributed by atoms with Crippen LogP contribution in [0, 0.1) is 11.6 Å². The van der Waals surface area contributed by atoms with Gasteiger partial charge in [0.05, 0.1) is 65.0 Å². The molecule has 0 fully saturated rings. The summed E-state index contributed by atoms with van der Waals surface area (Å²) in [6.45, 7) is 9.04. The Hall–Kier alpha value is -1.81. The summed E-state index contributed by atoms with van der Waals surface area (Å²) in [7, 11) is 0. The second-order valence-corrected chi connectivity index (χ2v) is 7.34. The Balaban J connectivity index is 1.82. The second-order valence-electron chi connectivity index (χ2n) is 7.34. The standard InChI is InChI=1S/C21H33F2NO6/c1-21(2,3)30-20(25)6-8-26-10-12-28-14-15-29-13-11-27-9-7-24-19-5-4-17(22)16-18(19)23/h4-5,16,24H,6-15H2,1-3H3. The largest absolute Gasteiger partial charge is 0.460 e. The number of halogens is 2. The van der Waals surface area contributed by atoms with Gasteiger partial charge in [-0.25, -0.2) is 8.78 Å². The third kappa shape index (κ3) is 14.2. The van der Waals surface area contributed by atoms with Gasteiger partial charge in [-0.2, -0.15) is 0 Å². The first-order chi connectivity index (χ1) is 14.3. The number of hydrogen-bond acceptors (Lipinski definition) is 7. The molecule has 0 bridgehead atoms. The lowest BCUT2D eigenvalue weighted by molar-refractivity contribution is -0.156. The summed E-state index contributed by atoms with van der Waals surface area (Å²) < 4.78 is 52.7. The van der Waals surface area contributed by atoms with E-state index in [0.717, 1.165) is 6.07 Å².